The van der Waals surface area contributed by atoms with Crippen LogP contribution in [-0.2, 0) is 16.0 Å². The van der Waals surface area contributed by atoms with Gasteiger partial charge in [0.15, 0.2) is 0 Å². The summed E-state index contributed by atoms with van der Waals surface area (Å²) in [6.07, 6.45) is 3.44. The molecule has 1 aliphatic heterocycles. The number of hydrogen-bond acceptors (Lipinski definition) is 4. The van der Waals surface area contributed by atoms with Gasteiger partial charge in [0, 0.05) is 29.4 Å². The molecule has 0 unspecified atom stereocenters. The number of amides is 1. The Morgan fingerprint density at radius 2 is 2.13 bits per heavy atom. The van der Waals surface area contributed by atoms with E-state index in [-0.39, 0.29) is 11.9 Å². The Balaban J connectivity index is 1.61. The van der Waals surface area contributed by atoms with Crippen LogP contribution in [-0.4, -0.2) is 19.1 Å². The van der Waals surface area contributed by atoms with E-state index >= 15 is 0 Å². The highest BCUT2D eigenvalue weighted by atomic mass is 32.1. The van der Waals surface area contributed by atoms with Crippen molar-refractivity contribution in [3.05, 3.63) is 44.3 Å². The highest BCUT2D eigenvalue weighted by Gasteiger charge is 2.27. The summed E-state index contributed by atoms with van der Waals surface area (Å²) in [5.41, 5.74) is 1.29. The second-order valence-corrected chi connectivity index (χ2v) is 8.02. The maximum Gasteiger partial charge on any atom is 0.220 e. The first-order chi connectivity index (χ1) is 11.2. The second kappa shape index (κ2) is 8.08. The van der Waals surface area contributed by atoms with E-state index in [1.807, 2.05) is 0 Å². The van der Waals surface area contributed by atoms with Gasteiger partial charge in [-0.15, -0.1) is 22.7 Å². The van der Waals surface area contributed by atoms with E-state index in [0.29, 0.717) is 12.3 Å². The minimum Gasteiger partial charge on any atom is -0.381 e. The molecule has 124 valence electrons. The molecule has 0 saturated carbocycles. The van der Waals surface area contributed by atoms with Crippen molar-refractivity contribution < 1.29 is 9.53 Å². The normalized spacial score (nSPS) is 17.1. The molecule has 3 heterocycles. The molecule has 0 aromatic carbocycles. The van der Waals surface area contributed by atoms with Crippen molar-refractivity contribution in [2.24, 2.45) is 5.92 Å². The molecule has 0 radical (unpaired) electrons. The van der Waals surface area contributed by atoms with Crippen LogP contribution in [0.5, 0.6) is 0 Å². The predicted molar refractivity (Wildman–Crippen MR) is 96.1 cm³/mol. The second-order valence-electron chi connectivity index (χ2n) is 6.04. The molecular formula is C18H23NO2S2. The zero-order valence-electron chi connectivity index (χ0n) is 13.4. The lowest BCUT2D eigenvalue weighted by molar-refractivity contribution is -0.122. The van der Waals surface area contributed by atoms with Gasteiger partial charge in [0.2, 0.25) is 5.91 Å². The highest BCUT2D eigenvalue weighted by molar-refractivity contribution is 7.10. The van der Waals surface area contributed by atoms with Gasteiger partial charge in [-0.1, -0.05) is 6.07 Å². The van der Waals surface area contributed by atoms with Crippen LogP contribution in [0.1, 0.15) is 40.6 Å². The van der Waals surface area contributed by atoms with Crippen molar-refractivity contribution >= 4 is 28.6 Å². The first kappa shape index (κ1) is 16.7. The number of carbonyl (C=O) groups excluding carboxylic acids is 1. The molecule has 1 saturated heterocycles. The van der Waals surface area contributed by atoms with E-state index in [1.165, 1.54) is 15.3 Å². The number of rotatable bonds is 6. The van der Waals surface area contributed by atoms with Crippen LogP contribution >= 0.6 is 22.7 Å². The summed E-state index contributed by atoms with van der Waals surface area (Å²) in [7, 11) is 0. The van der Waals surface area contributed by atoms with Gasteiger partial charge in [-0.3, -0.25) is 4.79 Å². The van der Waals surface area contributed by atoms with Crippen LogP contribution in [0.15, 0.2) is 29.0 Å². The Hall–Kier alpha value is -1.17. The third-order valence-electron chi connectivity index (χ3n) is 4.45. The van der Waals surface area contributed by atoms with Crippen LogP contribution < -0.4 is 5.32 Å². The van der Waals surface area contributed by atoms with E-state index in [1.54, 1.807) is 22.7 Å². The lowest BCUT2D eigenvalue weighted by Crippen LogP contribution is -2.35. The summed E-state index contributed by atoms with van der Waals surface area (Å²) in [5, 5.41) is 7.47. The van der Waals surface area contributed by atoms with Crippen molar-refractivity contribution in [2.75, 3.05) is 13.2 Å². The van der Waals surface area contributed by atoms with E-state index in [0.717, 1.165) is 32.5 Å². The number of hydrogen-bond donors (Lipinski definition) is 1. The summed E-state index contributed by atoms with van der Waals surface area (Å²) >= 11 is 3.47. The quantitative estimate of drug-likeness (QED) is 0.843. The van der Waals surface area contributed by atoms with Crippen LogP contribution in [0.3, 0.4) is 0 Å². The topological polar surface area (TPSA) is 38.3 Å². The molecule has 2 aromatic rings. The lowest BCUT2D eigenvalue weighted by atomic mass is 9.90. The Morgan fingerprint density at radius 1 is 1.30 bits per heavy atom. The fourth-order valence-corrected chi connectivity index (χ4v) is 4.85. The van der Waals surface area contributed by atoms with Crippen molar-refractivity contribution in [2.45, 2.75) is 38.6 Å². The first-order valence-corrected chi connectivity index (χ1v) is 9.93. The SMILES string of the molecule is Cc1ccsc1CCC(=O)N[C@@H](c1cccs1)C1CCOCC1. The fourth-order valence-electron chi connectivity index (χ4n) is 3.07. The number of ether oxygens (including phenoxy) is 1. The average molecular weight is 350 g/mol. The molecule has 1 N–H and O–H groups in total. The van der Waals surface area contributed by atoms with E-state index < -0.39 is 0 Å². The van der Waals surface area contributed by atoms with Crippen molar-refractivity contribution in [3.8, 4) is 0 Å². The van der Waals surface area contributed by atoms with Gasteiger partial charge < -0.3 is 10.1 Å². The monoisotopic (exact) mass is 349 g/mol. The molecule has 3 nitrogen and oxygen atoms in total. The van der Waals surface area contributed by atoms with Crippen LogP contribution in [0.2, 0.25) is 0 Å². The van der Waals surface area contributed by atoms with Crippen LogP contribution in [0.25, 0.3) is 0 Å². The van der Waals surface area contributed by atoms with Crippen molar-refractivity contribution in [3.63, 3.8) is 0 Å². The molecule has 1 atom stereocenters. The largest absolute Gasteiger partial charge is 0.381 e. The number of nitrogens with one attached hydrogen (secondary N) is 1. The zero-order valence-corrected chi connectivity index (χ0v) is 15.1. The summed E-state index contributed by atoms with van der Waals surface area (Å²) in [5.74, 6) is 0.637. The Morgan fingerprint density at radius 3 is 2.78 bits per heavy atom. The number of aryl methyl sites for hydroxylation is 2. The van der Waals surface area contributed by atoms with Crippen molar-refractivity contribution in [1.82, 2.24) is 5.32 Å². The maximum absolute atomic E-state index is 12.5. The summed E-state index contributed by atoms with van der Waals surface area (Å²) in [4.78, 5) is 15.0. The van der Waals surface area contributed by atoms with E-state index in [9.17, 15) is 4.79 Å². The van der Waals surface area contributed by atoms with Gasteiger partial charge in [-0.2, -0.15) is 0 Å². The van der Waals surface area contributed by atoms with Crippen molar-refractivity contribution in [1.29, 1.82) is 0 Å². The average Bonchev–Trinajstić information content (AvgIpc) is 3.23. The smallest absolute Gasteiger partial charge is 0.220 e. The summed E-state index contributed by atoms with van der Waals surface area (Å²) < 4.78 is 5.47. The molecular weight excluding hydrogens is 326 g/mol. The Kier molecular flexibility index (Phi) is 5.86. The van der Waals surface area contributed by atoms with Crippen LogP contribution in [0, 0.1) is 12.8 Å². The Bertz CT molecular complexity index is 615. The predicted octanol–water partition coefficient (Wildman–Crippen LogP) is 4.33. The minimum absolute atomic E-state index is 0.135. The molecule has 0 bridgehead atoms. The fraction of sp³-hybridized carbons (Fsp3) is 0.500. The summed E-state index contributed by atoms with van der Waals surface area (Å²) in [6, 6.07) is 6.45. The van der Waals surface area contributed by atoms with E-state index in [2.05, 4.69) is 41.2 Å². The van der Waals surface area contributed by atoms with E-state index in [4.69, 9.17) is 4.74 Å². The van der Waals surface area contributed by atoms with Gasteiger partial charge in [0.25, 0.3) is 0 Å². The number of thiophene rings is 2. The van der Waals surface area contributed by atoms with Gasteiger partial charge >= 0.3 is 0 Å². The maximum atomic E-state index is 12.5. The van der Waals surface area contributed by atoms with Gasteiger partial charge in [-0.25, -0.2) is 0 Å². The van der Waals surface area contributed by atoms with Gasteiger partial charge in [0.1, 0.15) is 0 Å². The molecule has 3 rings (SSSR count). The Labute approximate surface area is 145 Å². The minimum atomic E-state index is 0.135. The van der Waals surface area contributed by atoms with Crippen LogP contribution in [0.4, 0.5) is 0 Å². The molecule has 1 aliphatic rings. The third-order valence-corrected chi connectivity index (χ3v) is 6.49. The zero-order chi connectivity index (χ0) is 16.1. The molecule has 0 aliphatic carbocycles. The lowest BCUT2D eigenvalue weighted by Gasteiger charge is -2.30. The summed E-state index contributed by atoms with van der Waals surface area (Å²) in [6.45, 7) is 3.72. The third kappa shape index (κ3) is 4.43. The molecule has 2 aromatic heterocycles. The first-order valence-electron chi connectivity index (χ1n) is 8.17. The van der Waals surface area contributed by atoms with Gasteiger partial charge in [-0.05, 0) is 60.6 Å². The highest BCUT2D eigenvalue weighted by Crippen LogP contribution is 2.32. The molecule has 23 heavy (non-hydrogen) atoms. The molecule has 1 fully saturated rings. The standard InChI is InChI=1S/C18H23NO2S2/c1-13-8-12-23-15(13)4-5-17(20)19-18(16-3-2-11-22-16)14-6-9-21-10-7-14/h2-3,8,11-12,14,18H,4-7,9-10H2,1H3,(H,19,20)/t18-/m1/s1. The molecule has 1 amide bonds. The number of carbonyl (C=O) groups is 1. The molecule has 5 heteroatoms. The van der Waals surface area contributed by atoms with Gasteiger partial charge in [0.05, 0.1) is 6.04 Å². The molecule has 0 spiro atoms.